The zero-order chi connectivity index (χ0) is 36.4. The third kappa shape index (κ3) is 9.51. The Morgan fingerprint density at radius 2 is 1.60 bits per heavy atom. The van der Waals surface area contributed by atoms with Gasteiger partial charge in [-0.15, -0.1) is 4.99 Å². The van der Waals surface area contributed by atoms with Gasteiger partial charge in [0.1, 0.15) is 29.6 Å². The van der Waals surface area contributed by atoms with E-state index in [2.05, 4.69) is 20.4 Å². The minimum absolute atomic E-state index is 0.0512. The molecule has 0 aliphatic carbocycles. The molecule has 1 aliphatic rings. The molecule has 50 heavy (non-hydrogen) atoms. The summed E-state index contributed by atoms with van der Waals surface area (Å²) >= 11 is 0. The lowest BCUT2D eigenvalue weighted by Gasteiger charge is -2.27. The van der Waals surface area contributed by atoms with Crippen molar-refractivity contribution in [2.45, 2.75) is 84.9 Å². The highest BCUT2D eigenvalue weighted by atomic mass is 19.4. The molecule has 1 fully saturated rings. The van der Waals surface area contributed by atoms with Crippen LogP contribution < -0.4 is 10.1 Å². The summed E-state index contributed by atoms with van der Waals surface area (Å²) in [5.74, 6) is 1.25. The quantitative estimate of drug-likeness (QED) is 0.161. The summed E-state index contributed by atoms with van der Waals surface area (Å²) in [4.78, 5) is 36.1. The van der Waals surface area contributed by atoms with Crippen LogP contribution >= 0.6 is 0 Å². The first kappa shape index (κ1) is 36.1. The average molecular weight is 696 g/mol. The maximum atomic E-state index is 12.9. The smallest absolute Gasteiger partial charge is 0.437 e. The predicted octanol–water partition coefficient (Wildman–Crippen LogP) is 8.69. The first-order valence-electron chi connectivity index (χ1n) is 16.1. The van der Waals surface area contributed by atoms with E-state index >= 15 is 0 Å². The molecule has 5 rings (SSSR count). The molecule has 4 aromatic rings. The van der Waals surface area contributed by atoms with Crippen LogP contribution in [0, 0.1) is 5.92 Å². The molecule has 0 spiro atoms. The summed E-state index contributed by atoms with van der Waals surface area (Å²) in [6, 6.07) is 15.5. The minimum Gasteiger partial charge on any atom is -0.489 e. The van der Waals surface area contributed by atoms with Gasteiger partial charge in [-0.25, -0.2) is 9.59 Å². The van der Waals surface area contributed by atoms with Gasteiger partial charge in [0, 0.05) is 12.1 Å². The maximum Gasteiger partial charge on any atom is 0.437 e. The number of nitrogens with one attached hydrogen (secondary N) is 1. The number of amides is 2. The number of guanidine groups is 1. The Morgan fingerprint density at radius 3 is 2.26 bits per heavy atom. The summed E-state index contributed by atoms with van der Waals surface area (Å²) in [6.45, 7) is 12.9. The number of carbonyl (C=O) groups is 2. The number of hydrogen-bond donors (Lipinski definition) is 1. The van der Waals surface area contributed by atoms with E-state index in [4.69, 9.17) is 18.7 Å². The van der Waals surface area contributed by atoms with Crippen molar-refractivity contribution in [3.8, 4) is 17.1 Å². The lowest BCUT2D eigenvalue weighted by molar-refractivity contribution is -0.137. The van der Waals surface area contributed by atoms with Gasteiger partial charge in [-0.1, -0.05) is 42.4 Å². The second-order valence-corrected chi connectivity index (χ2v) is 14.2. The molecule has 1 aliphatic heterocycles. The predicted molar refractivity (Wildman–Crippen MR) is 179 cm³/mol. The van der Waals surface area contributed by atoms with Crippen molar-refractivity contribution < 1.29 is 41.5 Å². The van der Waals surface area contributed by atoms with Crippen molar-refractivity contribution in [2.24, 2.45) is 10.9 Å². The van der Waals surface area contributed by atoms with Gasteiger partial charge in [-0.3, -0.25) is 5.32 Å². The van der Waals surface area contributed by atoms with Crippen molar-refractivity contribution in [3.05, 3.63) is 77.7 Å². The summed E-state index contributed by atoms with van der Waals surface area (Å²) in [6.07, 6.45) is -5.47. The van der Waals surface area contributed by atoms with Crippen LogP contribution in [0.3, 0.4) is 0 Å². The number of alkyl halides is 3. The van der Waals surface area contributed by atoms with Crippen molar-refractivity contribution in [1.29, 1.82) is 0 Å². The fraction of sp³-hybridized carbons (Fsp3) is 0.417. The largest absolute Gasteiger partial charge is 0.489 e. The third-order valence-electron chi connectivity index (χ3n) is 7.47. The Bertz CT molecular complexity index is 1880. The fourth-order valence-corrected chi connectivity index (χ4v) is 5.34. The molecule has 0 radical (unpaired) electrons. The molecule has 2 atom stereocenters. The number of fused-ring (bicyclic) bond motifs is 1. The average Bonchev–Trinajstić information content (AvgIpc) is 3.64. The standard InChI is InChI=1S/C36H40F3N5O6/c1-21-16-28(44(19-21)31(41-32(45)48-34(2,3)4)42-33(46)49-35(5,6)7)30-40-29(43-50-30)25-11-10-24-18-27(15-12-23(24)17-25)47-20-22-8-13-26(14-9-22)36(37,38)39/h8-15,17-18,21,28H,16,19-20H2,1-7H3,(H,41,42,45,46)/t21?,28-/m0/s1. The van der Waals surface area contributed by atoms with Crippen molar-refractivity contribution in [1.82, 2.24) is 20.4 Å². The van der Waals surface area contributed by atoms with Crippen molar-refractivity contribution in [3.63, 3.8) is 0 Å². The molecule has 1 aromatic heterocycles. The van der Waals surface area contributed by atoms with Crippen LogP contribution in [0.2, 0.25) is 0 Å². The van der Waals surface area contributed by atoms with Gasteiger partial charge < -0.3 is 23.6 Å². The highest BCUT2D eigenvalue weighted by Crippen LogP contribution is 2.36. The Labute approximate surface area is 287 Å². The number of hydrogen-bond acceptors (Lipinski definition) is 8. The molecule has 266 valence electrons. The number of aliphatic imine (C=N–C) groups is 1. The van der Waals surface area contributed by atoms with Crippen LogP contribution in [0.25, 0.3) is 22.2 Å². The number of likely N-dealkylation sites (tertiary alicyclic amines) is 1. The van der Waals surface area contributed by atoms with Crippen LogP contribution in [0.5, 0.6) is 5.75 Å². The summed E-state index contributed by atoms with van der Waals surface area (Å²) in [7, 11) is 0. The van der Waals surface area contributed by atoms with E-state index in [9.17, 15) is 22.8 Å². The normalized spacial score (nSPS) is 17.2. The number of carbonyl (C=O) groups excluding carboxylic acids is 2. The molecule has 1 unspecified atom stereocenters. The van der Waals surface area contributed by atoms with Gasteiger partial charge in [0.2, 0.25) is 17.7 Å². The van der Waals surface area contributed by atoms with E-state index in [0.29, 0.717) is 35.7 Å². The van der Waals surface area contributed by atoms with Gasteiger partial charge in [0.25, 0.3) is 0 Å². The first-order valence-corrected chi connectivity index (χ1v) is 16.1. The number of halogens is 3. The van der Waals surface area contributed by atoms with Crippen LogP contribution in [0.1, 0.15) is 77.9 Å². The van der Waals surface area contributed by atoms with E-state index in [1.807, 2.05) is 37.3 Å². The number of aromatic nitrogens is 2. The van der Waals surface area contributed by atoms with Gasteiger partial charge >= 0.3 is 18.4 Å². The van der Waals surface area contributed by atoms with E-state index < -0.39 is 41.2 Å². The molecule has 2 heterocycles. The Hall–Kier alpha value is -5.14. The van der Waals surface area contributed by atoms with E-state index in [-0.39, 0.29) is 24.4 Å². The zero-order valence-corrected chi connectivity index (χ0v) is 28.9. The molecule has 3 aromatic carbocycles. The Balaban J connectivity index is 1.33. The first-order chi connectivity index (χ1) is 23.3. The lowest BCUT2D eigenvalue weighted by atomic mass is 10.1. The van der Waals surface area contributed by atoms with Crippen LogP contribution in [-0.2, 0) is 22.3 Å². The summed E-state index contributed by atoms with van der Waals surface area (Å²) in [5, 5.41) is 8.59. The molecule has 0 bridgehead atoms. The number of alkyl carbamates (subject to hydrolysis) is 1. The number of nitrogens with zero attached hydrogens (tertiary/aromatic N) is 4. The number of rotatable bonds is 5. The topological polar surface area (TPSA) is 128 Å². The van der Waals surface area contributed by atoms with E-state index in [1.165, 1.54) is 12.1 Å². The monoisotopic (exact) mass is 695 g/mol. The third-order valence-corrected chi connectivity index (χ3v) is 7.47. The molecule has 2 amide bonds. The summed E-state index contributed by atoms with van der Waals surface area (Å²) < 4.78 is 61.0. The Morgan fingerprint density at radius 1 is 0.940 bits per heavy atom. The minimum atomic E-state index is -4.39. The molecule has 1 saturated heterocycles. The molecule has 14 heteroatoms. The molecular weight excluding hydrogens is 655 g/mol. The highest BCUT2D eigenvalue weighted by Gasteiger charge is 2.39. The van der Waals surface area contributed by atoms with Crippen LogP contribution in [0.15, 0.2) is 70.2 Å². The van der Waals surface area contributed by atoms with Crippen molar-refractivity contribution in [2.75, 3.05) is 6.54 Å². The van der Waals surface area contributed by atoms with Crippen molar-refractivity contribution >= 4 is 28.9 Å². The van der Waals surface area contributed by atoms with E-state index in [1.54, 1.807) is 52.5 Å². The molecule has 0 saturated carbocycles. The van der Waals surface area contributed by atoms with Crippen LogP contribution in [0.4, 0.5) is 22.8 Å². The second-order valence-electron chi connectivity index (χ2n) is 14.2. The van der Waals surface area contributed by atoms with Gasteiger partial charge in [-0.2, -0.15) is 18.2 Å². The lowest BCUT2D eigenvalue weighted by Crippen LogP contribution is -2.46. The van der Waals surface area contributed by atoms with Gasteiger partial charge in [0.05, 0.1) is 5.56 Å². The Kier molecular flexibility index (Phi) is 10.1. The zero-order valence-electron chi connectivity index (χ0n) is 28.9. The fourth-order valence-electron chi connectivity index (χ4n) is 5.34. The summed E-state index contributed by atoms with van der Waals surface area (Å²) in [5.41, 5.74) is -0.998. The maximum absolute atomic E-state index is 12.9. The second kappa shape index (κ2) is 14.0. The number of ether oxygens (including phenoxy) is 3. The highest BCUT2D eigenvalue weighted by molar-refractivity contribution is 5.99. The number of benzene rings is 3. The van der Waals surface area contributed by atoms with Crippen LogP contribution in [-0.4, -0.2) is 50.9 Å². The molecule has 11 nitrogen and oxygen atoms in total. The van der Waals surface area contributed by atoms with Gasteiger partial charge in [0.15, 0.2) is 0 Å². The molecular formula is C36H40F3N5O6. The van der Waals surface area contributed by atoms with E-state index in [0.717, 1.165) is 22.9 Å². The van der Waals surface area contributed by atoms with Gasteiger partial charge in [-0.05, 0) is 101 Å². The molecule has 1 N–H and O–H groups in total. The SMILES string of the molecule is CC1C[C@@H](c2nc(-c3ccc4cc(OCc5ccc(C(F)(F)F)cc5)ccc4c3)no2)N(C(=NC(=O)OC(C)(C)C)NC(=O)OC(C)(C)C)C1.